The van der Waals surface area contributed by atoms with E-state index in [9.17, 15) is 19.8 Å². The molecule has 1 aliphatic carbocycles. The number of amides is 2. The molecule has 116 valence electrons. The van der Waals surface area contributed by atoms with Crippen molar-refractivity contribution < 1.29 is 19.8 Å². The SMILES string of the molecule is CC1CCC(NC(=O)N(C)C(C)(C)CO)(C(=O)O)CC1. The van der Waals surface area contributed by atoms with Crippen LogP contribution in [0.15, 0.2) is 0 Å². The van der Waals surface area contributed by atoms with Crippen LogP contribution in [0.1, 0.15) is 46.5 Å². The Labute approximate surface area is 120 Å². The van der Waals surface area contributed by atoms with E-state index in [1.54, 1.807) is 20.9 Å². The lowest BCUT2D eigenvalue weighted by molar-refractivity contribution is -0.146. The second-order valence-corrected chi connectivity index (χ2v) is 6.53. The highest BCUT2D eigenvalue weighted by atomic mass is 16.4. The van der Waals surface area contributed by atoms with Crippen LogP contribution in [-0.2, 0) is 4.79 Å². The molecule has 3 N–H and O–H groups in total. The first-order valence-corrected chi connectivity index (χ1v) is 7.05. The summed E-state index contributed by atoms with van der Waals surface area (Å²) in [6.07, 6.45) is 2.48. The number of hydrogen-bond donors (Lipinski definition) is 3. The molecule has 6 nitrogen and oxygen atoms in total. The smallest absolute Gasteiger partial charge is 0.329 e. The van der Waals surface area contributed by atoms with Crippen LogP contribution in [0.4, 0.5) is 4.79 Å². The Morgan fingerprint density at radius 2 is 1.85 bits per heavy atom. The number of aliphatic hydroxyl groups excluding tert-OH is 1. The summed E-state index contributed by atoms with van der Waals surface area (Å²) in [6.45, 7) is 5.36. The van der Waals surface area contributed by atoms with E-state index in [0.29, 0.717) is 18.8 Å². The normalized spacial score (nSPS) is 26.9. The molecule has 0 spiro atoms. The molecule has 6 heteroatoms. The fourth-order valence-corrected chi connectivity index (χ4v) is 2.32. The molecule has 0 atom stereocenters. The van der Waals surface area contributed by atoms with E-state index in [2.05, 4.69) is 12.2 Å². The zero-order chi connectivity index (χ0) is 15.6. The van der Waals surface area contributed by atoms with Crippen LogP contribution in [0, 0.1) is 5.92 Å². The third-order valence-corrected chi connectivity index (χ3v) is 4.48. The molecule has 20 heavy (non-hydrogen) atoms. The minimum Gasteiger partial charge on any atom is -0.480 e. The summed E-state index contributed by atoms with van der Waals surface area (Å²) in [5.74, 6) is -0.487. The highest BCUT2D eigenvalue weighted by molar-refractivity contribution is 5.86. The first-order valence-electron chi connectivity index (χ1n) is 7.05. The van der Waals surface area contributed by atoms with Gasteiger partial charge >= 0.3 is 12.0 Å². The van der Waals surface area contributed by atoms with E-state index in [4.69, 9.17) is 0 Å². The molecule has 1 saturated carbocycles. The maximum Gasteiger partial charge on any atom is 0.329 e. The zero-order valence-electron chi connectivity index (χ0n) is 12.8. The van der Waals surface area contributed by atoms with E-state index >= 15 is 0 Å². The number of rotatable bonds is 4. The molecule has 0 bridgehead atoms. The number of aliphatic carboxylic acids is 1. The average molecular weight is 286 g/mol. The van der Waals surface area contributed by atoms with E-state index in [1.807, 2.05) is 0 Å². The van der Waals surface area contributed by atoms with Crippen molar-refractivity contribution in [2.45, 2.75) is 57.5 Å². The number of aliphatic hydroxyl groups is 1. The van der Waals surface area contributed by atoms with Crippen molar-refractivity contribution in [2.75, 3.05) is 13.7 Å². The van der Waals surface area contributed by atoms with Gasteiger partial charge in [0, 0.05) is 7.05 Å². The van der Waals surface area contributed by atoms with Gasteiger partial charge in [-0.2, -0.15) is 0 Å². The molecular weight excluding hydrogens is 260 g/mol. The molecule has 1 aliphatic rings. The second kappa shape index (κ2) is 5.99. The van der Waals surface area contributed by atoms with Gasteiger partial charge in [0.1, 0.15) is 5.54 Å². The second-order valence-electron chi connectivity index (χ2n) is 6.53. The Hall–Kier alpha value is -1.30. The summed E-state index contributed by atoms with van der Waals surface area (Å²) in [5.41, 5.74) is -1.91. The first-order chi connectivity index (χ1) is 9.14. The summed E-state index contributed by atoms with van der Waals surface area (Å²) in [6, 6.07) is -0.457. The number of carboxylic acids is 1. The van der Waals surface area contributed by atoms with Gasteiger partial charge in [-0.3, -0.25) is 0 Å². The average Bonchev–Trinajstić information content (AvgIpc) is 2.40. The van der Waals surface area contributed by atoms with Crippen LogP contribution in [0.2, 0.25) is 0 Å². The number of likely N-dealkylation sites (N-methyl/N-ethyl adjacent to an activating group) is 1. The van der Waals surface area contributed by atoms with Crippen LogP contribution in [0.5, 0.6) is 0 Å². The summed E-state index contributed by atoms with van der Waals surface area (Å²) in [7, 11) is 1.56. The van der Waals surface area contributed by atoms with E-state index in [-0.39, 0.29) is 6.61 Å². The summed E-state index contributed by atoms with van der Waals surface area (Å²) in [4.78, 5) is 25.2. The molecule has 0 heterocycles. The number of carbonyl (C=O) groups is 2. The standard InChI is InChI=1S/C14H26N2O4/c1-10-5-7-14(8-6-10,11(18)19)15-12(20)16(4)13(2,3)9-17/h10,17H,5-9H2,1-4H3,(H,15,20)(H,18,19). The third-order valence-electron chi connectivity index (χ3n) is 4.48. The van der Waals surface area contributed by atoms with Crippen molar-refractivity contribution in [3.63, 3.8) is 0 Å². The largest absolute Gasteiger partial charge is 0.480 e. The molecule has 0 unspecified atom stereocenters. The molecule has 0 radical (unpaired) electrons. The molecule has 0 aromatic heterocycles. The molecule has 2 amide bonds. The Morgan fingerprint density at radius 1 is 1.35 bits per heavy atom. The van der Waals surface area contributed by atoms with E-state index in [0.717, 1.165) is 12.8 Å². The van der Waals surface area contributed by atoms with Crippen molar-refractivity contribution in [1.82, 2.24) is 10.2 Å². The predicted molar refractivity (Wildman–Crippen MR) is 75.5 cm³/mol. The lowest BCUT2D eigenvalue weighted by Gasteiger charge is -2.40. The molecular formula is C14H26N2O4. The maximum atomic E-state index is 12.2. The topological polar surface area (TPSA) is 89.9 Å². The van der Waals surface area contributed by atoms with Gasteiger partial charge in [-0.15, -0.1) is 0 Å². The van der Waals surface area contributed by atoms with E-state index in [1.165, 1.54) is 4.90 Å². The Balaban J connectivity index is 2.82. The van der Waals surface area contributed by atoms with Gasteiger partial charge in [-0.05, 0) is 45.4 Å². The highest BCUT2D eigenvalue weighted by Gasteiger charge is 2.44. The lowest BCUT2D eigenvalue weighted by Crippen LogP contribution is -2.61. The van der Waals surface area contributed by atoms with Crippen molar-refractivity contribution >= 4 is 12.0 Å². The molecule has 0 aliphatic heterocycles. The Morgan fingerprint density at radius 3 is 2.25 bits per heavy atom. The summed E-state index contributed by atoms with van der Waals surface area (Å²) >= 11 is 0. The van der Waals surface area contributed by atoms with Crippen LogP contribution in [-0.4, -0.2) is 51.8 Å². The van der Waals surface area contributed by atoms with Gasteiger partial charge < -0.3 is 20.4 Å². The number of carbonyl (C=O) groups excluding carboxylic acids is 1. The van der Waals surface area contributed by atoms with Gasteiger partial charge in [0.2, 0.25) is 0 Å². The molecule has 1 rings (SSSR count). The quantitative estimate of drug-likeness (QED) is 0.729. The molecule has 1 fully saturated rings. The van der Waals surface area contributed by atoms with Crippen molar-refractivity contribution in [1.29, 1.82) is 0 Å². The van der Waals surface area contributed by atoms with Gasteiger partial charge in [0.15, 0.2) is 0 Å². The van der Waals surface area contributed by atoms with Gasteiger partial charge in [0.25, 0.3) is 0 Å². The fourth-order valence-electron chi connectivity index (χ4n) is 2.32. The molecule has 0 aromatic carbocycles. The van der Waals surface area contributed by atoms with Gasteiger partial charge in [-0.25, -0.2) is 9.59 Å². The minimum atomic E-state index is -1.18. The number of urea groups is 1. The monoisotopic (exact) mass is 286 g/mol. The minimum absolute atomic E-state index is 0.186. The Kier molecular flexibility index (Phi) is 5.02. The maximum absolute atomic E-state index is 12.2. The number of carboxylic acid groups (broad SMARTS) is 1. The van der Waals surface area contributed by atoms with Crippen molar-refractivity contribution in [2.24, 2.45) is 5.92 Å². The predicted octanol–water partition coefficient (Wildman–Crippen LogP) is 1.43. The zero-order valence-corrected chi connectivity index (χ0v) is 12.8. The van der Waals surface area contributed by atoms with Crippen LogP contribution in [0.25, 0.3) is 0 Å². The fraction of sp³-hybridized carbons (Fsp3) is 0.857. The third kappa shape index (κ3) is 3.42. The van der Waals surface area contributed by atoms with Crippen LogP contribution in [0.3, 0.4) is 0 Å². The number of nitrogens with zero attached hydrogens (tertiary/aromatic N) is 1. The first kappa shape index (κ1) is 16.8. The van der Waals surface area contributed by atoms with Crippen molar-refractivity contribution in [3.8, 4) is 0 Å². The van der Waals surface area contributed by atoms with E-state index < -0.39 is 23.1 Å². The number of nitrogens with one attached hydrogen (secondary N) is 1. The lowest BCUT2D eigenvalue weighted by atomic mass is 9.77. The highest BCUT2D eigenvalue weighted by Crippen LogP contribution is 2.32. The molecule has 0 aromatic rings. The van der Waals surface area contributed by atoms with Gasteiger partial charge in [0.05, 0.1) is 12.1 Å². The number of hydrogen-bond acceptors (Lipinski definition) is 3. The van der Waals surface area contributed by atoms with Crippen LogP contribution >= 0.6 is 0 Å². The van der Waals surface area contributed by atoms with Crippen LogP contribution < -0.4 is 5.32 Å². The summed E-state index contributed by atoms with van der Waals surface area (Å²) in [5, 5.41) is 21.4. The molecule has 0 saturated heterocycles. The van der Waals surface area contributed by atoms with Crippen molar-refractivity contribution in [3.05, 3.63) is 0 Å². The van der Waals surface area contributed by atoms with Gasteiger partial charge in [-0.1, -0.05) is 6.92 Å². The summed E-state index contributed by atoms with van der Waals surface area (Å²) < 4.78 is 0. The Bertz CT molecular complexity index is 373.